The predicted octanol–water partition coefficient (Wildman–Crippen LogP) is 5.57. The number of hydrogen-bond donors (Lipinski definition) is 0. The smallest absolute Gasteiger partial charge is 0.126 e. The molecule has 0 aliphatic carbocycles. The maximum atomic E-state index is 13.7. The fraction of sp³-hybridized carbons (Fsp3) is 0.400. The van der Waals surface area contributed by atoms with Gasteiger partial charge in [0.1, 0.15) is 11.5 Å². The summed E-state index contributed by atoms with van der Waals surface area (Å²) in [4.78, 5) is 0. The molecule has 0 saturated heterocycles. The molecule has 0 aliphatic rings. The van der Waals surface area contributed by atoms with Crippen molar-refractivity contribution in [2.75, 3.05) is 20.4 Å². The molecule has 0 aliphatic heterocycles. The Kier molecular flexibility index (Phi) is 6.93. The summed E-state index contributed by atoms with van der Waals surface area (Å²) in [5.74, 6) is 1.50. The molecule has 130 valence electrons. The van der Waals surface area contributed by atoms with Crippen molar-refractivity contribution in [3.63, 3.8) is 0 Å². The highest BCUT2D eigenvalue weighted by atomic mass is 31.2. The van der Waals surface area contributed by atoms with E-state index in [1.165, 1.54) is 0 Å². The van der Waals surface area contributed by atoms with Crippen LogP contribution in [0.4, 0.5) is 0 Å². The van der Waals surface area contributed by atoms with Crippen molar-refractivity contribution >= 4 is 7.14 Å². The largest absolute Gasteiger partial charge is 0.496 e. The second kappa shape index (κ2) is 8.94. The lowest BCUT2D eigenvalue weighted by Crippen LogP contribution is -2.02. The topological polar surface area (TPSA) is 35.5 Å². The molecule has 1 unspecified atom stereocenters. The summed E-state index contributed by atoms with van der Waals surface area (Å²) >= 11 is 0. The predicted molar refractivity (Wildman–Crippen MR) is 101 cm³/mol. The van der Waals surface area contributed by atoms with Gasteiger partial charge < -0.3 is 14.0 Å². The van der Waals surface area contributed by atoms with Crippen molar-refractivity contribution in [1.82, 2.24) is 0 Å². The summed E-state index contributed by atoms with van der Waals surface area (Å²) in [6.45, 7) is 2.14. The highest BCUT2D eigenvalue weighted by Gasteiger charge is 2.26. The minimum Gasteiger partial charge on any atom is -0.496 e. The van der Waals surface area contributed by atoms with E-state index in [1.807, 2.05) is 36.4 Å². The molecule has 3 nitrogen and oxygen atoms in total. The Balaban J connectivity index is 2.34. The van der Waals surface area contributed by atoms with Gasteiger partial charge in [0, 0.05) is 24.0 Å². The molecule has 0 fully saturated rings. The van der Waals surface area contributed by atoms with E-state index >= 15 is 0 Å². The zero-order valence-corrected chi connectivity index (χ0v) is 15.7. The van der Waals surface area contributed by atoms with Gasteiger partial charge in [-0.25, -0.2) is 0 Å². The first-order valence-electron chi connectivity index (χ1n) is 8.42. The molecule has 0 radical (unpaired) electrons. The van der Waals surface area contributed by atoms with Crippen molar-refractivity contribution in [3.05, 3.63) is 59.7 Å². The quantitative estimate of drug-likeness (QED) is 0.557. The van der Waals surface area contributed by atoms with Crippen LogP contribution in [0.3, 0.4) is 0 Å². The minimum atomic E-state index is -2.42. The normalized spacial score (nSPS) is 13.3. The molecule has 2 rings (SSSR count). The van der Waals surface area contributed by atoms with Crippen molar-refractivity contribution in [1.29, 1.82) is 0 Å². The number of ether oxygens (including phenoxy) is 2. The summed E-state index contributed by atoms with van der Waals surface area (Å²) in [7, 11) is 0.871. The monoisotopic (exact) mass is 346 g/mol. The van der Waals surface area contributed by atoms with Crippen LogP contribution in [0.5, 0.6) is 11.5 Å². The third kappa shape index (κ3) is 4.88. The average molecular weight is 346 g/mol. The molecule has 1 atom stereocenters. The molecule has 0 amide bonds. The van der Waals surface area contributed by atoms with Gasteiger partial charge in [0.15, 0.2) is 0 Å². The molecular weight excluding hydrogens is 319 g/mol. The Labute approximate surface area is 145 Å². The van der Waals surface area contributed by atoms with Crippen LogP contribution in [0.25, 0.3) is 0 Å². The summed E-state index contributed by atoms with van der Waals surface area (Å²) in [5, 5.41) is 0. The van der Waals surface area contributed by atoms with E-state index in [0.717, 1.165) is 41.6 Å². The van der Waals surface area contributed by atoms with Crippen LogP contribution in [-0.4, -0.2) is 20.4 Å². The average Bonchev–Trinajstić information content (AvgIpc) is 2.61. The van der Waals surface area contributed by atoms with Crippen LogP contribution in [0.1, 0.15) is 30.9 Å². The van der Waals surface area contributed by atoms with Crippen LogP contribution >= 0.6 is 7.14 Å². The third-order valence-corrected chi connectivity index (χ3v) is 7.17. The van der Waals surface area contributed by atoms with Gasteiger partial charge in [-0.05, 0) is 24.1 Å². The number of unbranched alkanes of at least 4 members (excludes halogenated alkanes) is 1. The summed E-state index contributed by atoms with van der Waals surface area (Å²) in [6.07, 6.45) is 3.90. The van der Waals surface area contributed by atoms with E-state index < -0.39 is 7.14 Å². The first-order valence-corrected chi connectivity index (χ1v) is 10.7. The number of rotatable bonds is 9. The number of hydrogen-bond acceptors (Lipinski definition) is 3. The Bertz CT molecular complexity index is 660. The lowest BCUT2D eigenvalue weighted by molar-refractivity contribution is 0.387. The zero-order chi connectivity index (χ0) is 17.4. The van der Waals surface area contributed by atoms with Gasteiger partial charge in [0.05, 0.1) is 21.4 Å². The third-order valence-electron chi connectivity index (χ3n) is 4.21. The summed E-state index contributed by atoms with van der Waals surface area (Å²) < 4.78 is 24.7. The Morgan fingerprint density at radius 3 is 2.04 bits per heavy atom. The van der Waals surface area contributed by atoms with Crippen LogP contribution in [0.2, 0.25) is 0 Å². The Hall–Kier alpha value is -1.73. The first-order chi connectivity index (χ1) is 11.6. The molecule has 0 heterocycles. The van der Waals surface area contributed by atoms with E-state index in [-0.39, 0.29) is 0 Å². The van der Waals surface area contributed by atoms with Crippen molar-refractivity contribution in [3.8, 4) is 11.5 Å². The van der Waals surface area contributed by atoms with Gasteiger partial charge in [0.25, 0.3) is 0 Å². The van der Waals surface area contributed by atoms with E-state index in [0.29, 0.717) is 12.3 Å². The van der Waals surface area contributed by atoms with E-state index in [9.17, 15) is 4.57 Å². The maximum Gasteiger partial charge on any atom is 0.126 e. The molecule has 0 aromatic heterocycles. The second-order valence-corrected chi connectivity index (χ2v) is 9.27. The highest BCUT2D eigenvalue weighted by Crippen LogP contribution is 2.55. The molecule has 0 bridgehead atoms. The summed E-state index contributed by atoms with van der Waals surface area (Å²) in [5.41, 5.74) is 2.05. The van der Waals surface area contributed by atoms with Crippen LogP contribution in [0, 0.1) is 0 Å². The van der Waals surface area contributed by atoms with Gasteiger partial charge in [-0.2, -0.15) is 0 Å². The first kappa shape index (κ1) is 18.6. The standard InChI is InChI=1S/C20H27O3P/c1-4-5-14-24(21,15-17-10-7-6-8-11-17)16-18-19(22-2)12-9-13-20(18)23-3/h6-13H,4-5,14-16H2,1-3H3. The molecule has 2 aromatic carbocycles. The molecule has 0 spiro atoms. The van der Waals surface area contributed by atoms with Crippen LogP contribution < -0.4 is 9.47 Å². The van der Waals surface area contributed by atoms with Crippen LogP contribution in [-0.2, 0) is 16.9 Å². The highest BCUT2D eigenvalue weighted by molar-refractivity contribution is 7.62. The molecular formula is C20H27O3P. The van der Waals surface area contributed by atoms with E-state index in [1.54, 1.807) is 14.2 Å². The van der Waals surface area contributed by atoms with Crippen LogP contribution in [0.15, 0.2) is 48.5 Å². The van der Waals surface area contributed by atoms with Gasteiger partial charge in [-0.3, -0.25) is 0 Å². The second-order valence-electron chi connectivity index (χ2n) is 6.08. The Morgan fingerprint density at radius 2 is 1.50 bits per heavy atom. The Morgan fingerprint density at radius 1 is 0.875 bits per heavy atom. The van der Waals surface area contributed by atoms with Gasteiger partial charge in [-0.15, -0.1) is 0 Å². The van der Waals surface area contributed by atoms with E-state index in [4.69, 9.17) is 9.47 Å². The number of methoxy groups -OCH3 is 2. The fourth-order valence-corrected chi connectivity index (χ4v) is 6.03. The lowest BCUT2D eigenvalue weighted by Gasteiger charge is -2.21. The molecule has 4 heteroatoms. The van der Waals surface area contributed by atoms with Gasteiger partial charge >= 0.3 is 0 Å². The van der Waals surface area contributed by atoms with Gasteiger partial charge in [0.2, 0.25) is 0 Å². The zero-order valence-electron chi connectivity index (χ0n) is 14.8. The van der Waals surface area contributed by atoms with Crippen molar-refractivity contribution in [2.45, 2.75) is 32.1 Å². The van der Waals surface area contributed by atoms with Crippen molar-refractivity contribution in [2.24, 2.45) is 0 Å². The van der Waals surface area contributed by atoms with E-state index in [2.05, 4.69) is 19.1 Å². The summed E-state index contributed by atoms with van der Waals surface area (Å²) in [6, 6.07) is 15.8. The van der Waals surface area contributed by atoms with Crippen molar-refractivity contribution < 1.29 is 14.0 Å². The number of benzene rings is 2. The fourth-order valence-electron chi connectivity index (χ4n) is 2.95. The molecule has 0 N–H and O–H groups in total. The molecule has 24 heavy (non-hydrogen) atoms. The van der Waals surface area contributed by atoms with Gasteiger partial charge in [-0.1, -0.05) is 49.7 Å². The minimum absolute atomic E-state index is 0.509. The molecule has 2 aromatic rings. The molecule has 0 saturated carbocycles. The lowest BCUT2D eigenvalue weighted by atomic mass is 10.2. The maximum absolute atomic E-state index is 13.7. The SMILES string of the molecule is CCCCP(=O)(Cc1ccccc1)Cc1c(OC)cccc1OC.